The largest absolute Gasteiger partial charge is 0.373 e. The van der Waals surface area contributed by atoms with Gasteiger partial charge < -0.3 is 15.0 Å². The highest BCUT2D eigenvalue weighted by molar-refractivity contribution is 5.85. The maximum atomic E-state index is 12.4. The molecule has 3 aliphatic rings. The predicted octanol–water partition coefficient (Wildman–Crippen LogP) is 2.57. The van der Waals surface area contributed by atoms with Gasteiger partial charge in [0.15, 0.2) is 0 Å². The first-order valence-electron chi connectivity index (χ1n) is 9.96. The number of ether oxygens (including phenoxy) is 1. The molecule has 0 aromatic rings. The van der Waals surface area contributed by atoms with Crippen molar-refractivity contribution >= 4 is 30.7 Å². The maximum Gasteiger partial charge on any atom is 0.222 e. The molecule has 5 nitrogen and oxygen atoms in total. The van der Waals surface area contributed by atoms with Gasteiger partial charge in [-0.2, -0.15) is 0 Å². The molecule has 0 saturated carbocycles. The fraction of sp³-hybridized carbons (Fsp3) is 0.947. The molecule has 1 amide bonds. The van der Waals surface area contributed by atoms with E-state index in [1.165, 1.54) is 13.0 Å². The molecule has 3 aliphatic heterocycles. The first kappa shape index (κ1) is 24.0. The highest BCUT2D eigenvalue weighted by Gasteiger charge is 2.28. The molecular weight excluding hydrogens is 373 g/mol. The molecule has 26 heavy (non-hydrogen) atoms. The molecule has 0 bridgehead atoms. The molecule has 7 heteroatoms. The summed E-state index contributed by atoms with van der Waals surface area (Å²) >= 11 is 0. The summed E-state index contributed by atoms with van der Waals surface area (Å²) in [6, 6.07) is 0. The summed E-state index contributed by atoms with van der Waals surface area (Å²) in [6.07, 6.45) is 6.07. The molecule has 3 rings (SSSR count). The monoisotopic (exact) mass is 409 g/mol. The Morgan fingerprint density at radius 2 is 1.69 bits per heavy atom. The fourth-order valence-electron chi connectivity index (χ4n) is 4.61. The number of nitrogens with zero attached hydrogens (tertiary/aromatic N) is 2. The van der Waals surface area contributed by atoms with Crippen LogP contribution in [-0.4, -0.2) is 73.7 Å². The van der Waals surface area contributed by atoms with E-state index in [1.54, 1.807) is 0 Å². The van der Waals surface area contributed by atoms with Crippen molar-refractivity contribution in [2.45, 2.75) is 58.2 Å². The Labute approximate surface area is 171 Å². The van der Waals surface area contributed by atoms with Crippen molar-refractivity contribution in [3.63, 3.8) is 0 Å². The van der Waals surface area contributed by atoms with Crippen LogP contribution in [0.5, 0.6) is 0 Å². The third-order valence-corrected chi connectivity index (χ3v) is 5.91. The average Bonchev–Trinajstić information content (AvgIpc) is 3.06. The Morgan fingerprint density at radius 1 is 1.04 bits per heavy atom. The van der Waals surface area contributed by atoms with E-state index in [-0.39, 0.29) is 24.8 Å². The minimum absolute atomic E-state index is 0. The third kappa shape index (κ3) is 7.16. The Bertz CT molecular complexity index is 404. The summed E-state index contributed by atoms with van der Waals surface area (Å²) in [6.45, 7) is 11.8. The average molecular weight is 410 g/mol. The molecule has 1 N–H and O–H groups in total. The fourth-order valence-corrected chi connectivity index (χ4v) is 4.61. The number of hydrogen-bond donors (Lipinski definition) is 1. The number of halogens is 2. The van der Waals surface area contributed by atoms with Crippen molar-refractivity contribution in [1.29, 1.82) is 0 Å². The third-order valence-electron chi connectivity index (χ3n) is 5.91. The Morgan fingerprint density at radius 3 is 2.27 bits per heavy atom. The van der Waals surface area contributed by atoms with Crippen LogP contribution < -0.4 is 5.32 Å². The normalized spacial score (nSPS) is 30.5. The molecule has 154 valence electrons. The minimum Gasteiger partial charge on any atom is -0.373 e. The second-order valence-electron chi connectivity index (χ2n) is 8.20. The second-order valence-corrected chi connectivity index (χ2v) is 8.20. The number of carbonyl (C=O) groups is 1. The zero-order valence-electron chi connectivity index (χ0n) is 16.3. The van der Waals surface area contributed by atoms with E-state index in [2.05, 4.69) is 29.0 Å². The van der Waals surface area contributed by atoms with Gasteiger partial charge in [0.2, 0.25) is 5.91 Å². The van der Waals surface area contributed by atoms with Crippen LogP contribution in [0.4, 0.5) is 0 Å². The molecular formula is C19H37Cl2N3O2. The van der Waals surface area contributed by atoms with Gasteiger partial charge in [0.1, 0.15) is 0 Å². The minimum atomic E-state index is 0. The number of rotatable bonds is 5. The van der Waals surface area contributed by atoms with Crippen LogP contribution in [0.3, 0.4) is 0 Å². The second kappa shape index (κ2) is 11.7. The number of piperidine rings is 1. The van der Waals surface area contributed by atoms with Gasteiger partial charge in [-0.3, -0.25) is 9.69 Å². The molecule has 0 aromatic carbocycles. The van der Waals surface area contributed by atoms with E-state index in [1.807, 2.05) is 0 Å². The number of hydrogen-bond acceptors (Lipinski definition) is 4. The number of morpholine rings is 1. The van der Waals surface area contributed by atoms with E-state index in [0.29, 0.717) is 18.1 Å². The summed E-state index contributed by atoms with van der Waals surface area (Å²) in [5, 5.41) is 3.39. The van der Waals surface area contributed by atoms with Crippen LogP contribution in [0.25, 0.3) is 0 Å². The molecule has 3 fully saturated rings. The molecule has 0 aliphatic carbocycles. The van der Waals surface area contributed by atoms with E-state index in [0.717, 1.165) is 76.8 Å². The van der Waals surface area contributed by atoms with E-state index >= 15 is 0 Å². The summed E-state index contributed by atoms with van der Waals surface area (Å²) in [5.74, 6) is 1.84. The van der Waals surface area contributed by atoms with Gasteiger partial charge in [0.05, 0.1) is 12.2 Å². The van der Waals surface area contributed by atoms with Crippen molar-refractivity contribution in [2.75, 3.05) is 45.8 Å². The van der Waals surface area contributed by atoms with Gasteiger partial charge >= 0.3 is 0 Å². The van der Waals surface area contributed by atoms with E-state index < -0.39 is 0 Å². The van der Waals surface area contributed by atoms with Crippen LogP contribution in [0.2, 0.25) is 0 Å². The number of carbonyl (C=O) groups excluding carboxylic acids is 1. The van der Waals surface area contributed by atoms with Crippen molar-refractivity contribution in [1.82, 2.24) is 15.1 Å². The zero-order chi connectivity index (χ0) is 16.9. The van der Waals surface area contributed by atoms with Crippen molar-refractivity contribution < 1.29 is 9.53 Å². The lowest BCUT2D eigenvalue weighted by Gasteiger charge is -2.39. The van der Waals surface area contributed by atoms with Gasteiger partial charge in [-0.15, -0.1) is 24.8 Å². The van der Waals surface area contributed by atoms with E-state index in [4.69, 9.17) is 4.74 Å². The van der Waals surface area contributed by atoms with Crippen molar-refractivity contribution in [2.24, 2.45) is 11.8 Å². The van der Waals surface area contributed by atoms with Gasteiger partial charge in [-0.1, -0.05) is 0 Å². The number of amides is 1. The predicted molar refractivity (Wildman–Crippen MR) is 110 cm³/mol. The lowest BCUT2D eigenvalue weighted by molar-refractivity contribution is -0.133. The molecule has 3 saturated heterocycles. The SMILES string of the molecule is CC1CN(CC2CCN(C(=O)CCC3CCNC3)CC2)CC(C)O1.Cl.Cl. The topological polar surface area (TPSA) is 44.8 Å². The Kier molecular flexibility index (Phi) is 10.8. The highest BCUT2D eigenvalue weighted by atomic mass is 35.5. The van der Waals surface area contributed by atoms with E-state index in [9.17, 15) is 4.79 Å². The molecule has 3 heterocycles. The van der Waals surface area contributed by atoms with Gasteiger partial charge in [0, 0.05) is 39.1 Å². The van der Waals surface area contributed by atoms with Crippen LogP contribution in [0.15, 0.2) is 0 Å². The van der Waals surface area contributed by atoms with Gasteiger partial charge in [-0.05, 0) is 64.5 Å². The Balaban J connectivity index is 0.00000169. The summed E-state index contributed by atoms with van der Waals surface area (Å²) in [4.78, 5) is 17.1. The Hall–Kier alpha value is -0.0700. The maximum absolute atomic E-state index is 12.4. The molecule has 3 unspecified atom stereocenters. The van der Waals surface area contributed by atoms with Crippen LogP contribution in [0.1, 0.15) is 46.0 Å². The first-order valence-corrected chi connectivity index (χ1v) is 9.96. The molecule has 0 spiro atoms. The quantitative estimate of drug-likeness (QED) is 0.757. The van der Waals surface area contributed by atoms with Crippen LogP contribution >= 0.6 is 24.8 Å². The molecule has 0 radical (unpaired) electrons. The summed E-state index contributed by atoms with van der Waals surface area (Å²) < 4.78 is 5.82. The molecule has 3 atom stereocenters. The summed E-state index contributed by atoms with van der Waals surface area (Å²) in [5.41, 5.74) is 0. The standard InChI is InChI=1S/C19H35N3O2.2ClH/c1-15-12-21(13-16(2)24-15)14-18-6-9-22(10-7-18)19(23)4-3-17-5-8-20-11-17;;/h15-18,20H,3-14H2,1-2H3;2*1H. The summed E-state index contributed by atoms with van der Waals surface area (Å²) in [7, 11) is 0. The lowest BCUT2D eigenvalue weighted by Crippen LogP contribution is -2.48. The highest BCUT2D eigenvalue weighted by Crippen LogP contribution is 2.22. The van der Waals surface area contributed by atoms with Gasteiger partial charge in [0.25, 0.3) is 0 Å². The molecule has 0 aromatic heterocycles. The van der Waals surface area contributed by atoms with Crippen molar-refractivity contribution in [3.05, 3.63) is 0 Å². The number of nitrogens with one attached hydrogen (secondary N) is 1. The van der Waals surface area contributed by atoms with Crippen molar-refractivity contribution in [3.8, 4) is 0 Å². The van der Waals surface area contributed by atoms with Crippen LogP contribution in [0, 0.1) is 11.8 Å². The number of likely N-dealkylation sites (tertiary alicyclic amines) is 1. The van der Waals surface area contributed by atoms with Gasteiger partial charge in [-0.25, -0.2) is 0 Å². The first-order chi connectivity index (χ1) is 11.6. The smallest absolute Gasteiger partial charge is 0.222 e. The zero-order valence-corrected chi connectivity index (χ0v) is 18.0. The van der Waals surface area contributed by atoms with Crippen LogP contribution in [-0.2, 0) is 9.53 Å². The lowest BCUT2D eigenvalue weighted by atomic mass is 9.95.